The Labute approximate surface area is 196 Å². The van der Waals surface area contributed by atoms with Gasteiger partial charge in [-0.15, -0.1) is 10.2 Å². The Balaban J connectivity index is 1.29. The molecule has 2 aliphatic rings. The zero-order valence-electron chi connectivity index (χ0n) is 18.4. The molecule has 2 aliphatic heterocycles. The van der Waals surface area contributed by atoms with Crippen molar-refractivity contribution in [1.82, 2.24) is 19.7 Å². The average molecular weight is 464 g/mol. The lowest BCUT2D eigenvalue weighted by Gasteiger charge is -2.28. The molecule has 1 saturated heterocycles. The third-order valence-corrected chi connectivity index (χ3v) is 6.82. The van der Waals surface area contributed by atoms with Gasteiger partial charge in [0.05, 0.1) is 30.0 Å². The summed E-state index contributed by atoms with van der Waals surface area (Å²) < 4.78 is 7.59. The van der Waals surface area contributed by atoms with Gasteiger partial charge in [-0.3, -0.25) is 19.1 Å². The largest absolute Gasteiger partial charge is 0.378 e. The van der Waals surface area contributed by atoms with Crippen LogP contribution in [0, 0.1) is 6.92 Å². The van der Waals surface area contributed by atoms with E-state index in [0.717, 1.165) is 35.4 Å². The molecule has 9 heteroatoms. The lowest BCUT2D eigenvalue weighted by Crippen LogP contribution is -2.37. The average Bonchev–Trinajstić information content (AvgIpc) is 3.37. The number of fused-ring (bicyclic) bond motifs is 1. The number of imide groups is 1. The smallest absolute Gasteiger partial charge is 0.261 e. The zero-order chi connectivity index (χ0) is 22.8. The number of aryl methyl sites for hydroxylation is 1. The van der Waals surface area contributed by atoms with Crippen LogP contribution in [0.2, 0.25) is 0 Å². The van der Waals surface area contributed by atoms with E-state index in [1.165, 1.54) is 4.90 Å². The third kappa shape index (κ3) is 4.26. The van der Waals surface area contributed by atoms with Crippen LogP contribution in [0.4, 0.5) is 5.95 Å². The van der Waals surface area contributed by atoms with Gasteiger partial charge in [-0.25, -0.2) is 0 Å². The van der Waals surface area contributed by atoms with Gasteiger partial charge in [-0.05, 0) is 43.2 Å². The number of aromatic nitrogens is 3. The van der Waals surface area contributed by atoms with Gasteiger partial charge in [0.1, 0.15) is 0 Å². The van der Waals surface area contributed by atoms with E-state index in [0.29, 0.717) is 43.1 Å². The molecule has 8 nitrogen and oxygen atoms in total. The SMILES string of the molecule is Cc1cccc(-n2c(SCCCN3C(=O)c4ccccc4C3=O)nnc2N2CCOCC2)c1. The topological polar surface area (TPSA) is 80.6 Å². The van der Waals surface area contributed by atoms with Crippen molar-refractivity contribution in [2.75, 3.05) is 43.5 Å². The maximum atomic E-state index is 12.6. The monoisotopic (exact) mass is 463 g/mol. The van der Waals surface area contributed by atoms with Crippen LogP contribution in [0.3, 0.4) is 0 Å². The van der Waals surface area contributed by atoms with Crippen LogP contribution in [0.1, 0.15) is 32.7 Å². The summed E-state index contributed by atoms with van der Waals surface area (Å²) >= 11 is 1.58. The van der Waals surface area contributed by atoms with E-state index < -0.39 is 0 Å². The minimum atomic E-state index is -0.210. The number of thioether (sulfide) groups is 1. The lowest BCUT2D eigenvalue weighted by atomic mass is 10.1. The van der Waals surface area contributed by atoms with Crippen molar-refractivity contribution >= 4 is 29.5 Å². The number of carbonyl (C=O) groups is 2. The molecule has 0 N–H and O–H groups in total. The highest BCUT2D eigenvalue weighted by Gasteiger charge is 2.34. The number of nitrogens with zero attached hydrogens (tertiary/aromatic N) is 5. The van der Waals surface area contributed by atoms with Gasteiger partial charge in [0.2, 0.25) is 5.95 Å². The summed E-state index contributed by atoms with van der Waals surface area (Å²) in [4.78, 5) is 28.7. The van der Waals surface area contributed by atoms with Gasteiger partial charge in [0.25, 0.3) is 11.8 Å². The van der Waals surface area contributed by atoms with E-state index in [4.69, 9.17) is 4.74 Å². The predicted octanol–water partition coefficient (Wildman–Crippen LogP) is 3.19. The number of hydrogen-bond acceptors (Lipinski definition) is 7. The molecule has 3 heterocycles. The van der Waals surface area contributed by atoms with E-state index in [1.807, 2.05) is 6.07 Å². The first-order valence-electron chi connectivity index (χ1n) is 11.1. The summed E-state index contributed by atoms with van der Waals surface area (Å²) in [6.45, 7) is 5.33. The van der Waals surface area contributed by atoms with Gasteiger partial charge in [0.15, 0.2) is 5.16 Å². The Morgan fingerprint density at radius 2 is 1.70 bits per heavy atom. The molecule has 0 radical (unpaired) electrons. The standard InChI is InChI=1S/C24H25N5O3S/c1-17-6-4-7-18(16-17)29-23(27-11-13-32-14-12-27)25-26-24(29)33-15-5-10-28-21(30)19-8-2-3-9-20(19)22(28)31/h2-4,6-9,16H,5,10-15H2,1H3. The summed E-state index contributed by atoms with van der Waals surface area (Å²) in [7, 11) is 0. The molecule has 2 amide bonds. The van der Waals surface area contributed by atoms with Crippen LogP contribution in [0.5, 0.6) is 0 Å². The Morgan fingerprint density at radius 1 is 0.970 bits per heavy atom. The number of anilines is 1. The van der Waals surface area contributed by atoms with Gasteiger partial charge < -0.3 is 9.64 Å². The van der Waals surface area contributed by atoms with Crippen LogP contribution >= 0.6 is 11.8 Å². The van der Waals surface area contributed by atoms with Gasteiger partial charge >= 0.3 is 0 Å². The van der Waals surface area contributed by atoms with Crippen molar-refractivity contribution in [2.45, 2.75) is 18.5 Å². The summed E-state index contributed by atoms with van der Waals surface area (Å²) in [6, 6.07) is 15.3. The van der Waals surface area contributed by atoms with Gasteiger partial charge in [0, 0.05) is 25.4 Å². The molecule has 33 heavy (non-hydrogen) atoms. The fourth-order valence-corrected chi connectivity index (χ4v) is 5.02. The van der Waals surface area contributed by atoms with E-state index in [-0.39, 0.29) is 11.8 Å². The molecule has 1 aromatic heterocycles. The van der Waals surface area contributed by atoms with Crippen LogP contribution < -0.4 is 4.90 Å². The van der Waals surface area contributed by atoms with E-state index >= 15 is 0 Å². The first-order chi connectivity index (χ1) is 16.1. The summed E-state index contributed by atoms with van der Waals surface area (Å²) in [5, 5.41) is 9.77. The quantitative estimate of drug-likeness (QED) is 0.302. The van der Waals surface area contributed by atoms with E-state index in [1.54, 1.807) is 36.0 Å². The minimum absolute atomic E-state index is 0.210. The van der Waals surface area contributed by atoms with Crippen LogP contribution in [0.15, 0.2) is 53.7 Å². The Hall–Kier alpha value is -3.17. The minimum Gasteiger partial charge on any atom is -0.378 e. The lowest BCUT2D eigenvalue weighted by molar-refractivity contribution is 0.0655. The van der Waals surface area contributed by atoms with Crippen molar-refractivity contribution in [3.05, 3.63) is 65.2 Å². The van der Waals surface area contributed by atoms with Crippen LogP contribution in [-0.4, -0.2) is 70.1 Å². The predicted molar refractivity (Wildman–Crippen MR) is 126 cm³/mol. The maximum absolute atomic E-state index is 12.6. The van der Waals surface area contributed by atoms with Gasteiger partial charge in [-0.2, -0.15) is 0 Å². The first kappa shape index (κ1) is 21.7. The normalized spacial score (nSPS) is 15.9. The molecule has 1 fully saturated rings. The molecule has 0 atom stereocenters. The number of morpholine rings is 1. The number of carbonyl (C=O) groups excluding carboxylic acids is 2. The molecule has 0 unspecified atom stereocenters. The second kappa shape index (κ2) is 9.36. The fraction of sp³-hybridized carbons (Fsp3) is 0.333. The Morgan fingerprint density at radius 3 is 2.39 bits per heavy atom. The second-order valence-corrected chi connectivity index (χ2v) is 9.13. The van der Waals surface area contributed by atoms with Crippen LogP contribution in [0.25, 0.3) is 5.69 Å². The molecule has 3 aromatic rings. The highest BCUT2D eigenvalue weighted by molar-refractivity contribution is 7.99. The first-order valence-corrected chi connectivity index (χ1v) is 12.1. The second-order valence-electron chi connectivity index (χ2n) is 8.07. The van der Waals surface area contributed by atoms with E-state index in [9.17, 15) is 9.59 Å². The third-order valence-electron chi connectivity index (χ3n) is 5.81. The van der Waals surface area contributed by atoms with Crippen molar-refractivity contribution in [3.63, 3.8) is 0 Å². The van der Waals surface area contributed by atoms with Gasteiger partial charge in [-0.1, -0.05) is 36.0 Å². The van der Waals surface area contributed by atoms with E-state index in [2.05, 4.69) is 44.8 Å². The number of amides is 2. The number of hydrogen-bond donors (Lipinski definition) is 0. The molecule has 5 rings (SSSR count). The summed E-state index contributed by atoms with van der Waals surface area (Å²) in [5.41, 5.74) is 3.16. The summed E-state index contributed by atoms with van der Waals surface area (Å²) in [5.74, 6) is 1.10. The van der Waals surface area contributed by atoms with Crippen LogP contribution in [-0.2, 0) is 4.74 Å². The summed E-state index contributed by atoms with van der Waals surface area (Å²) in [6.07, 6.45) is 0.670. The van der Waals surface area contributed by atoms with Crippen molar-refractivity contribution in [1.29, 1.82) is 0 Å². The zero-order valence-corrected chi connectivity index (χ0v) is 19.3. The number of benzene rings is 2. The van der Waals surface area contributed by atoms with Crippen molar-refractivity contribution in [2.24, 2.45) is 0 Å². The Kier molecular flexibility index (Phi) is 6.15. The highest BCUT2D eigenvalue weighted by Crippen LogP contribution is 2.29. The number of ether oxygens (including phenoxy) is 1. The number of rotatable bonds is 7. The molecule has 0 saturated carbocycles. The molecular formula is C24H25N5O3S. The fourth-order valence-electron chi connectivity index (χ4n) is 4.15. The van der Waals surface area contributed by atoms with Crippen molar-refractivity contribution in [3.8, 4) is 5.69 Å². The highest BCUT2D eigenvalue weighted by atomic mass is 32.2. The molecule has 2 aromatic carbocycles. The molecule has 0 aliphatic carbocycles. The molecular weight excluding hydrogens is 438 g/mol. The molecule has 0 spiro atoms. The Bertz CT molecular complexity index is 1150. The molecule has 0 bridgehead atoms. The molecule has 170 valence electrons. The maximum Gasteiger partial charge on any atom is 0.261 e. The van der Waals surface area contributed by atoms with Crippen molar-refractivity contribution < 1.29 is 14.3 Å².